The minimum atomic E-state index is 0.0927. The molecule has 3 rings (SSSR count). The molecule has 1 aromatic heterocycles. The number of para-hydroxylation sites is 1. The number of halogens is 1. The van der Waals surface area contributed by atoms with E-state index < -0.39 is 0 Å². The third-order valence-corrected chi connectivity index (χ3v) is 4.52. The Hall–Kier alpha value is -2.00. The molecule has 0 unspecified atom stereocenters. The van der Waals surface area contributed by atoms with Crippen LogP contribution in [0.5, 0.6) is 0 Å². The van der Waals surface area contributed by atoms with Gasteiger partial charge in [-0.1, -0.05) is 35.6 Å². The molecule has 1 heterocycles. The first-order valence-corrected chi connectivity index (χ1v) is 8.31. The number of hydrogen-bond donors (Lipinski definition) is 2. The van der Waals surface area contributed by atoms with E-state index in [1.54, 1.807) is 0 Å². The van der Waals surface area contributed by atoms with Gasteiger partial charge in [0.1, 0.15) is 5.84 Å². The Kier molecular flexibility index (Phi) is 4.34. The summed E-state index contributed by atoms with van der Waals surface area (Å²) in [5.74, 6) is 0.425. The summed E-state index contributed by atoms with van der Waals surface area (Å²) in [5, 5.41) is 0.567. The summed E-state index contributed by atoms with van der Waals surface area (Å²) in [6.07, 6.45) is 0. The third-order valence-electron chi connectivity index (χ3n) is 2.87. The highest BCUT2D eigenvalue weighted by atomic mass is 127. The maximum Gasteiger partial charge on any atom is 0.224 e. The number of hydrogen-bond acceptors (Lipinski definition) is 3. The molecular formula is C15H12IN5S. The Morgan fingerprint density at radius 2 is 1.77 bits per heavy atom. The van der Waals surface area contributed by atoms with Gasteiger partial charge in [0.05, 0.1) is 10.2 Å². The van der Waals surface area contributed by atoms with Crippen LogP contribution in [-0.4, -0.2) is 16.8 Å². The fraction of sp³-hybridized carbons (Fsp3) is 0. The molecule has 0 aliphatic carbocycles. The fourth-order valence-electron chi connectivity index (χ4n) is 1.84. The number of rotatable bonds is 2. The lowest BCUT2D eigenvalue weighted by Gasteiger charge is -2.00. The zero-order valence-corrected chi connectivity index (χ0v) is 14.4. The van der Waals surface area contributed by atoms with Gasteiger partial charge in [0, 0.05) is 9.13 Å². The highest BCUT2D eigenvalue weighted by Crippen LogP contribution is 2.27. The van der Waals surface area contributed by atoms with Gasteiger partial charge < -0.3 is 11.5 Å². The summed E-state index contributed by atoms with van der Waals surface area (Å²) in [7, 11) is 0. The highest BCUT2D eigenvalue weighted by Gasteiger charge is 2.03. The lowest BCUT2D eigenvalue weighted by Crippen LogP contribution is -2.19. The molecule has 0 saturated carbocycles. The van der Waals surface area contributed by atoms with Crippen LogP contribution in [0, 0.1) is 3.57 Å². The van der Waals surface area contributed by atoms with Crippen LogP contribution in [0.15, 0.2) is 58.5 Å². The van der Waals surface area contributed by atoms with Gasteiger partial charge in [0.2, 0.25) is 11.1 Å². The SMILES string of the molecule is N/C(=N\C(N)=N\c1nc2ccccc2s1)c1ccc(I)cc1. The van der Waals surface area contributed by atoms with E-state index in [0.717, 1.165) is 19.4 Å². The van der Waals surface area contributed by atoms with Gasteiger partial charge >= 0.3 is 0 Å². The van der Waals surface area contributed by atoms with E-state index in [-0.39, 0.29) is 5.96 Å². The normalized spacial score (nSPS) is 12.8. The second-order valence-electron chi connectivity index (χ2n) is 4.44. The number of aromatic nitrogens is 1. The Labute approximate surface area is 144 Å². The first kappa shape index (κ1) is 14.9. The molecule has 4 N–H and O–H groups in total. The molecule has 5 nitrogen and oxygen atoms in total. The van der Waals surface area contributed by atoms with Crippen molar-refractivity contribution in [2.45, 2.75) is 0 Å². The van der Waals surface area contributed by atoms with Crippen LogP contribution in [0.2, 0.25) is 0 Å². The van der Waals surface area contributed by atoms with E-state index in [1.165, 1.54) is 11.3 Å². The smallest absolute Gasteiger partial charge is 0.224 e. The monoisotopic (exact) mass is 421 g/mol. The molecule has 0 radical (unpaired) electrons. The van der Waals surface area contributed by atoms with E-state index in [1.807, 2.05) is 48.5 Å². The molecule has 0 atom stereocenters. The Bertz CT molecular complexity index is 834. The van der Waals surface area contributed by atoms with Gasteiger partial charge in [-0.15, -0.1) is 0 Å². The molecule has 0 aliphatic heterocycles. The third kappa shape index (κ3) is 3.42. The van der Waals surface area contributed by atoms with Gasteiger partial charge in [-0.3, -0.25) is 0 Å². The van der Waals surface area contributed by atoms with Crippen molar-refractivity contribution >= 4 is 61.1 Å². The molecule has 0 bridgehead atoms. The minimum absolute atomic E-state index is 0.0927. The maximum absolute atomic E-state index is 5.94. The first-order chi connectivity index (χ1) is 10.6. The number of nitrogens with zero attached hydrogens (tertiary/aromatic N) is 3. The second-order valence-corrected chi connectivity index (χ2v) is 6.69. The number of amidine groups is 1. The van der Waals surface area contributed by atoms with E-state index in [0.29, 0.717) is 11.0 Å². The standard InChI is InChI=1S/C15H12IN5S/c16-10-7-5-9(6-8-10)13(17)20-14(18)21-15-19-11-3-1-2-4-12(11)22-15/h1-8H,(H4,17,18,19,20,21). The molecule has 0 aliphatic rings. The number of thiazole rings is 1. The van der Waals surface area contributed by atoms with Crippen molar-refractivity contribution in [1.29, 1.82) is 0 Å². The van der Waals surface area contributed by atoms with Gasteiger partial charge in [-0.05, 0) is 46.9 Å². The van der Waals surface area contributed by atoms with Crippen molar-refractivity contribution in [3.63, 3.8) is 0 Å². The quantitative estimate of drug-likeness (QED) is 0.378. The molecule has 2 aromatic carbocycles. The number of nitrogens with two attached hydrogens (primary N) is 2. The number of benzene rings is 2. The van der Waals surface area contributed by atoms with Crippen molar-refractivity contribution < 1.29 is 0 Å². The molecule has 0 fully saturated rings. The lowest BCUT2D eigenvalue weighted by atomic mass is 10.2. The van der Waals surface area contributed by atoms with E-state index in [2.05, 4.69) is 37.6 Å². The van der Waals surface area contributed by atoms with E-state index in [9.17, 15) is 0 Å². The Morgan fingerprint density at radius 3 is 2.50 bits per heavy atom. The van der Waals surface area contributed by atoms with Crippen LogP contribution in [0.1, 0.15) is 5.56 Å². The van der Waals surface area contributed by atoms with E-state index >= 15 is 0 Å². The molecule has 3 aromatic rings. The number of guanidine groups is 1. The average Bonchev–Trinajstić information content (AvgIpc) is 2.89. The first-order valence-electron chi connectivity index (χ1n) is 6.41. The van der Waals surface area contributed by atoms with Crippen LogP contribution in [0.25, 0.3) is 10.2 Å². The molecule has 0 saturated heterocycles. The van der Waals surface area contributed by atoms with Crippen LogP contribution in [0.3, 0.4) is 0 Å². The summed E-state index contributed by atoms with van der Waals surface area (Å²) in [5.41, 5.74) is 13.5. The highest BCUT2D eigenvalue weighted by molar-refractivity contribution is 14.1. The summed E-state index contributed by atoms with van der Waals surface area (Å²) in [4.78, 5) is 12.7. The number of aliphatic imine (C=N–C) groups is 2. The fourth-order valence-corrected chi connectivity index (χ4v) is 3.04. The second kappa shape index (κ2) is 6.41. The molecule has 22 heavy (non-hydrogen) atoms. The number of fused-ring (bicyclic) bond motifs is 1. The van der Waals surface area contributed by atoms with Crippen molar-refractivity contribution in [3.05, 3.63) is 57.7 Å². The largest absolute Gasteiger partial charge is 0.383 e. The van der Waals surface area contributed by atoms with Crippen molar-refractivity contribution in [2.75, 3.05) is 0 Å². The van der Waals surface area contributed by atoms with Crippen LogP contribution < -0.4 is 11.5 Å². The van der Waals surface area contributed by atoms with Crippen LogP contribution in [-0.2, 0) is 0 Å². The average molecular weight is 421 g/mol. The maximum atomic E-state index is 5.94. The molecule has 7 heteroatoms. The lowest BCUT2D eigenvalue weighted by molar-refractivity contribution is 1.35. The van der Waals surface area contributed by atoms with Gasteiger partial charge in [-0.2, -0.15) is 9.98 Å². The van der Waals surface area contributed by atoms with Gasteiger partial charge in [0.15, 0.2) is 0 Å². The van der Waals surface area contributed by atoms with Crippen molar-refractivity contribution in [2.24, 2.45) is 21.5 Å². The molecule has 0 amide bonds. The summed E-state index contributed by atoms with van der Waals surface area (Å²) in [6, 6.07) is 15.5. The summed E-state index contributed by atoms with van der Waals surface area (Å²) < 4.78 is 2.19. The predicted octanol–water partition coefficient (Wildman–Crippen LogP) is 3.25. The summed E-state index contributed by atoms with van der Waals surface area (Å²) in [6.45, 7) is 0. The van der Waals surface area contributed by atoms with Gasteiger partial charge in [0.25, 0.3) is 0 Å². The van der Waals surface area contributed by atoms with Crippen LogP contribution in [0.4, 0.5) is 5.13 Å². The van der Waals surface area contributed by atoms with Gasteiger partial charge in [-0.25, -0.2) is 4.98 Å². The molecule has 110 valence electrons. The Morgan fingerprint density at radius 1 is 1.05 bits per heavy atom. The topological polar surface area (TPSA) is 89.6 Å². The van der Waals surface area contributed by atoms with E-state index in [4.69, 9.17) is 11.5 Å². The molecule has 0 spiro atoms. The van der Waals surface area contributed by atoms with Crippen molar-refractivity contribution in [3.8, 4) is 0 Å². The zero-order valence-electron chi connectivity index (χ0n) is 11.4. The minimum Gasteiger partial charge on any atom is -0.383 e. The van der Waals surface area contributed by atoms with Crippen LogP contribution >= 0.6 is 33.9 Å². The van der Waals surface area contributed by atoms with Crippen molar-refractivity contribution in [1.82, 2.24) is 4.98 Å². The Balaban J connectivity index is 1.87. The summed E-state index contributed by atoms with van der Waals surface area (Å²) >= 11 is 3.69. The zero-order chi connectivity index (χ0) is 15.5. The molecular weight excluding hydrogens is 409 g/mol. The predicted molar refractivity (Wildman–Crippen MR) is 101 cm³/mol.